The van der Waals surface area contributed by atoms with Gasteiger partial charge in [-0.25, -0.2) is 9.97 Å². The number of fused-ring (bicyclic) bond motifs is 1. The number of aryl methyl sites for hydroxylation is 1. The monoisotopic (exact) mass is 324 g/mol. The molecule has 0 bridgehead atoms. The van der Waals surface area contributed by atoms with Crippen molar-refractivity contribution in [3.63, 3.8) is 0 Å². The molecule has 6 heteroatoms. The molecule has 124 valence electrons. The molecule has 3 aromatic rings. The summed E-state index contributed by atoms with van der Waals surface area (Å²) in [5.41, 5.74) is 3.61. The average Bonchev–Trinajstić information content (AvgIpc) is 3.38. The van der Waals surface area contributed by atoms with Crippen LogP contribution in [0, 0.1) is 5.92 Å². The molecule has 0 N–H and O–H groups in total. The highest BCUT2D eigenvalue weighted by Gasteiger charge is 2.25. The zero-order valence-electron chi connectivity index (χ0n) is 14.1. The van der Waals surface area contributed by atoms with Crippen molar-refractivity contribution in [3.05, 3.63) is 30.2 Å². The molecule has 3 aromatic heterocycles. The van der Waals surface area contributed by atoms with Crippen molar-refractivity contribution in [3.8, 4) is 22.9 Å². The average molecular weight is 324 g/mol. The van der Waals surface area contributed by atoms with Gasteiger partial charge in [-0.1, -0.05) is 0 Å². The van der Waals surface area contributed by atoms with Crippen LogP contribution in [0.5, 0.6) is 11.8 Å². The van der Waals surface area contributed by atoms with Gasteiger partial charge in [-0.15, -0.1) is 0 Å². The highest BCUT2D eigenvalue weighted by Crippen LogP contribution is 2.35. The SMILES string of the molecule is COc1cc(-c2cc3c(nc2OC)nc(CC2CC2)n3C)ccn1. The van der Waals surface area contributed by atoms with Gasteiger partial charge in [-0.3, -0.25) is 0 Å². The van der Waals surface area contributed by atoms with Crippen LogP contribution in [-0.4, -0.2) is 33.7 Å². The predicted octanol–water partition coefficient (Wildman–Crippen LogP) is 3.00. The van der Waals surface area contributed by atoms with E-state index in [4.69, 9.17) is 14.5 Å². The molecule has 0 unspecified atom stereocenters. The molecule has 0 radical (unpaired) electrons. The van der Waals surface area contributed by atoms with Crippen LogP contribution in [-0.2, 0) is 13.5 Å². The number of aromatic nitrogens is 4. The summed E-state index contributed by atoms with van der Waals surface area (Å²) in [6.07, 6.45) is 5.36. The number of rotatable bonds is 5. The summed E-state index contributed by atoms with van der Waals surface area (Å²) in [6.45, 7) is 0. The third-order valence-electron chi connectivity index (χ3n) is 4.55. The Hall–Kier alpha value is -2.63. The second-order valence-corrected chi connectivity index (χ2v) is 6.21. The summed E-state index contributed by atoms with van der Waals surface area (Å²) in [5.74, 6) is 3.00. The molecule has 24 heavy (non-hydrogen) atoms. The molecular weight excluding hydrogens is 304 g/mol. The molecular formula is C18H20N4O2. The molecule has 0 aromatic carbocycles. The zero-order valence-corrected chi connectivity index (χ0v) is 14.1. The molecule has 4 rings (SSSR count). The predicted molar refractivity (Wildman–Crippen MR) is 91.3 cm³/mol. The van der Waals surface area contributed by atoms with Crippen LogP contribution < -0.4 is 9.47 Å². The molecule has 0 atom stereocenters. The number of methoxy groups -OCH3 is 2. The summed E-state index contributed by atoms with van der Waals surface area (Å²) in [5, 5.41) is 0. The third-order valence-corrected chi connectivity index (χ3v) is 4.55. The molecule has 1 saturated carbocycles. The molecule has 6 nitrogen and oxygen atoms in total. The van der Waals surface area contributed by atoms with Gasteiger partial charge in [0.25, 0.3) is 0 Å². The van der Waals surface area contributed by atoms with Gasteiger partial charge in [0, 0.05) is 31.3 Å². The van der Waals surface area contributed by atoms with Gasteiger partial charge in [0.2, 0.25) is 11.8 Å². The molecule has 1 aliphatic rings. The van der Waals surface area contributed by atoms with E-state index in [1.165, 1.54) is 12.8 Å². The van der Waals surface area contributed by atoms with Gasteiger partial charge < -0.3 is 14.0 Å². The molecule has 0 saturated heterocycles. The number of nitrogens with zero attached hydrogens (tertiary/aromatic N) is 4. The summed E-state index contributed by atoms with van der Waals surface area (Å²) in [7, 11) is 5.29. The van der Waals surface area contributed by atoms with E-state index in [1.54, 1.807) is 20.4 Å². The minimum Gasteiger partial charge on any atom is -0.481 e. The summed E-state index contributed by atoms with van der Waals surface area (Å²) >= 11 is 0. The maximum atomic E-state index is 5.50. The van der Waals surface area contributed by atoms with E-state index in [1.807, 2.05) is 12.1 Å². The first kappa shape index (κ1) is 14.9. The van der Waals surface area contributed by atoms with Crippen LogP contribution in [0.3, 0.4) is 0 Å². The van der Waals surface area contributed by atoms with E-state index >= 15 is 0 Å². The largest absolute Gasteiger partial charge is 0.481 e. The Morgan fingerprint density at radius 3 is 2.71 bits per heavy atom. The van der Waals surface area contributed by atoms with Gasteiger partial charge in [0.1, 0.15) is 5.82 Å². The van der Waals surface area contributed by atoms with Gasteiger partial charge in [0.15, 0.2) is 5.65 Å². The van der Waals surface area contributed by atoms with Crippen molar-refractivity contribution in [2.45, 2.75) is 19.3 Å². The standard InChI is InChI=1S/C18H20N4O2/c1-22-14-10-13(12-6-7-19-16(9-12)23-2)18(24-3)21-17(14)20-15(22)8-11-4-5-11/h6-7,9-11H,4-5,8H2,1-3H3. The number of imidazole rings is 1. The van der Waals surface area contributed by atoms with Gasteiger partial charge in [0.05, 0.1) is 19.7 Å². The fraction of sp³-hybridized carbons (Fsp3) is 0.389. The zero-order chi connectivity index (χ0) is 16.7. The van der Waals surface area contributed by atoms with E-state index in [0.717, 1.165) is 40.5 Å². The normalized spacial score (nSPS) is 14.1. The Balaban J connectivity index is 1.85. The Bertz CT molecular complexity index is 899. The first-order valence-electron chi connectivity index (χ1n) is 8.10. The van der Waals surface area contributed by atoms with Crippen LogP contribution in [0.4, 0.5) is 0 Å². The number of hydrogen-bond acceptors (Lipinski definition) is 5. The lowest BCUT2D eigenvalue weighted by Gasteiger charge is -2.09. The van der Waals surface area contributed by atoms with Crippen LogP contribution >= 0.6 is 0 Å². The molecule has 0 amide bonds. The number of pyridine rings is 2. The second-order valence-electron chi connectivity index (χ2n) is 6.21. The van der Waals surface area contributed by atoms with E-state index in [2.05, 4.69) is 27.6 Å². The minimum atomic E-state index is 0.562. The Labute approximate surface area is 140 Å². The van der Waals surface area contributed by atoms with Gasteiger partial charge >= 0.3 is 0 Å². The van der Waals surface area contributed by atoms with Crippen molar-refractivity contribution >= 4 is 11.2 Å². The van der Waals surface area contributed by atoms with Gasteiger partial charge in [-0.2, -0.15) is 4.98 Å². The number of hydrogen-bond donors (Lipinski definition) is 0. The lowest BCUT2D eigenvalue weighted by molar-refractivity contribution is 0.397. The maximum Gasteiger partial charge on any atom is 0.223 e. The van der Waals surface area contributed by atoms with E-state index in [0.29, 0.717) is 11.8 Å². The third kappa shape index (κ3) is 2.58. The molecule has 1 aliphatic carbocycles. The minimum absolute atomic E-state index is 0.562. The maximum absolute atomic E-state index is 5.50. The first-order chi connectivity index (χ1) is 11.7. The second kappa shape index (κ2) is 5.78. The fourth-order valence-corrected chi connectivity index (χ4v) is 2.96. The van der Waals surface area contributed by atoms with Crippen molar-refractivity contribution < 1.29 is 9.47 Å². The van der Waals surface area contributed by atoms with Crippen molar-refractivity contribution in [1.82, 2.24) is 19.5 Å². The lowest BCUT2D eigenvalue weighted by atomic mass is 10.1. The molecule has 1 fully saturated rings. The molecule has 0 spiro atoms. The van der Waals surface area contributed by atoms with Crippen LogP contribution in [0.1, 0.15) is 18.7 Å². The summed E-state index contributed by atoms with van der Waals surface area (Å²) in [4.78, 5) is 13.5. The van der Waals surface area contributed by atoms with Crippen molar-refractivity contribution in [2.75, 3.05) is 14.2 Å². The summed E-state index contributed by atoms with van der Waals surface area (Å²) in [6, 6.07) is 5.89. The molecule has 0 aliphatic heterocycles. The van der Waals surface area contributed by atoms with E-state index < -0.39 is 0 Å². The Kier molecular flexibility index (Phi) is 3.59. The topological polar surface area (TPSA) is 62.1 Å². The van der Waals surface area contributed by atoms with Crippen LogP contribution in [0.2, 0.25) is 0 Å². The Morgan fingerprint density at radius 2 is 2.00 bits per heavy atom. The van der Waals surface area contributed by atoms with Crippen molar-refractivity contribution in [1.29, 1.82) is 0 Å². The van der Waals surface area contributed by atoms with Crippen LogP contribution in [0.25, 0.3) is 22.3 Å². The smallest absolute Gasteiger partial charge is 0.223 e. The van der Waals surface area contributed by atoms with E-state index in [9.17, 15) is 0 Å². The number of ether oxygens (including phenoxy) is 2. The van der Waals surface area contributed by atoms with Crippen LogP contribution in [0.15, 0.2) is 24.4 Å². The first-order valence-corrected chi connectivity index (χ1v) is 8.10. The highest BCUT2D eigenvalue weighted by atomic mass is 16.5. The summed E-state index contributed by atoms with van der Waals surface area (Å²) < 4.78 is 12.9. The molecule has 3 heterocycles. The fourth-order valence-electron chi connectivity index (χ4n) is 2.96. The lowest BCUT2D eigenvalue weighted by Crippen LogP contribution is -1.99. The van der Waals surface area contributed by atoms with E-state index in [-0.39, 0.29) is 0 Å². The van der Waals surface area contributed by atoms with Gasteiger partial charge in [-0.05, 0) is 36.5 Å². The van der Waals surface area contributed by atoms with Crippen molar-refractivity contribution in [2.24, 2.45) is 13.0 Å². The highest BCUT2D eigenvalue weighted by molar-refractivity contribution is 5.82. The Morgan fingerprint density at radius 1 is 1.17 bits per heavy atom. The quantitative estimate of drug-likeness (QED) is 0.722.